The van der Waals surface area contributed by atoms with Gasteiger partial charge in [0.25, 0.3) is 11.5 Å². The summed E-state index contributed by atoms with van der Waals surface area (Å²) in [5.41, 5.74) is 4.42. The molecule has 0 saturated carbocycles. The number of amides is 1. The standard InChI is InChI=1S/C28H30N4O8/c1-17(2)23(30-25(35)19-12-8-5-9-13-19)27(37)40-16-20(33)22-24(29)31(14-18-10-6-4-7-11-18)28(38)32(26(22)36)15-21(34)39-3/h4-13,17,23H,14-16,29H2,1-3H3,(H,30,35)/t23-/m1/s1. The Bertz CT molecular complexity index is 1510. The maximum Gasteiger partial charge on any atom is 0.333 e. The fourth-order valence-corrected chi connectivity index (χ4v) is 3.84. The van der Waals surface area contributed by atoms with Gasteiger partial charge in [0.2, 0.25) is 5.78 Å². The summed E-state index contributed by atoms with van der Waals surface area (Å²) in [6, 6.07) is 15.8. The molecule has 210 valence electrons. The number of aromatic nitrogens is 2. The lowest BCUT2D eigenvalue weighted by Crippen LogP contribution is -2.47. The zero-order valence-electron chi connectivity index (χ0n) is 22.3. The highest BCUT2D eigenvalue weighted by atomic mass is 16.5. The molecule has 0 aliphatic rings. The van der Waals surface area contributed by atoms with Gasteiger partial charge >= 0.3 is 17.6 Å². The zero-order chi connectivity index (χ0) is 29.4. The van der Waals surface area contributed by atoms with Crippen LogP contribution in [0.2, 0.25) is 0 Å². The van der Waals surface area contributed by atoms with E-state index in [9.17, 15) is 28.8 Å². The normalized spacial score (nSPS) is 11.5. The molecule has 0 saturated heterocycles. The van der Waals surface area contributed by atoms with Gasteiger partial charge in [-0.3, -0.25) is 23.7 Å². The Kier molecular flexibility index (Phi) is 9.74. The summed E-state index contributed by atoms with van der Waals surface area (Å²) in [6.45, 7) is 1.60. The van der Waals surface area contributed by atoms with Crippen LogP contribution >= 0.6 is 0 Å². The Morgan fingerprint density at radius 3 is 2.10 bits per heavy atom. The van der Waals surface area contributed by atoms with Crippen molar-refractivity contribution in [1.82, 2.24) is 14.5 Å². The van der Waals surface area contributed by atoms with Crippen LogP contribution in [0.4, 0.5) is 5.82 Å². The lowest BCUT2D eigenvalue weighted by atomic mass is 10.0. The van der Waals surface area contributed by atoms with Gasteiger partial charge in [-0.25, -0.2) is 14.2 Å². The number of carbonyl (C=O) groups is 4. The molecule has 0 spiro atoms. The smallest absolute Gasteiger partial charge is 0.333 e. The molecule has 0 aliphatic heterocycles. The maximum atomic E-state index is 13.2. The second-order valence-electron chi connectivity index (χ2n) is 9.17. The molecule has 12 nitrogen and oxygen atoms in total. The van der Waals surface area contributed by atoms with E-state index in [2.05, 4.69) is 10.1 Å². The number of hydrogen-bond donors (Lipinski definition) is 2. The third-order valence-electron chi connectivity index (χ3n) is 6.03. The van der Waals surface area contributed by atoms with Gasteiger partial charge < -0.3 is 20.5 Å². The Labute approximate surface area is 229 Å². The number of nitrogens with one attached hydrogen (secondary N) is 1. The van der Waals surface area contributed by atoms with E-state index in [4.69, 9.17) is 10.5 Å². The fraction of sp³-hybridized carbons (Fsp3) is 0.286. The summed E-state index contributed by atoms with van der Waals surface area (Å²) in [4.78, 5) is 76.7. The van der Waals surface area contributed by atoms with E-state index < -0.39 is 71.4 Å². The number of nitrogens with zero attached hydrogens (tertiary/aromatic N) is 2. The highest BCUT2D eigenvalue weighted by Crippen LogP contribution is 2.12. The predicted molar refractivity (Wildman–Crippen MR) is 145 cm³/mol. The minimum atomic E-state index is -1.13. The van der Waals surface area contributed by atoms with Crippen molar-refractivity contribution in [2.24, 2.45) is 5.92 Å². The van der Waals surface area contributed by atoms with Crippen molar-refractivity contribution in [2.75, 3.05) is 19.5 Å². The molecule has 0 fully saturated rings. The van der Waals surface area contributed by atoms with Crippen LogP contribution in [0, 0.1) is 5.92 Å². The van der Waals surface area contributed by atoms with Crippen LogP contribution in [0.15, 0.2) is 70.3 Å². The molecular weight excluding hydrogens is 520 g/mol. The molecule has 0 radical (unpaired) electrons. The van der Waals surface area contributed by atoms with Crippen molar-refractivity contribution in [2.45, 2.75) is 33.0 Å². The van der Waals surface area contributed by atoms with E-state index in [1.165, 1.54) is 0 Å². The summed E-state index contributed by atoms with van der Waals surface area (Å²) in [7, 11) is 1.08. The van der Waals surface area contributed by atoms with Crippen LogP contribution in [-0.2, 0) is 32.2 Å². The zero-order valence-corrected chi connectivity index (χ0v) is 22.3. The average Bonchev–Trinajstić information content (AvgIpc) is 2.95. The van der Waals surface area contributed by atoms with Crippen molar-refractivity contribution in [3.63, 3.8) is 0 Å². The van der Waals surface area contributed by atoms with E-state index in [0.717, 1.165) is 11.7 Å². The number of ketones is 1. The third kappa shape index (κ3) is 6.90. The Hall–Kier alpha value is -5.00. The van der Waals surface area contributed by atoms with Gasteiger partial charge in [-0.2, -0.15) is 0 Å². The van der Waals surface area contributed by atoms with Crippen LogP contribution in [0.5, 0.6) is 0 Å². The minimum Gasteiger partial charge on any atom is -0.468 e. The Morgan fingerprint density at radius 1 is 0.925 bits per heavy atom. The van der Waals surface area contributed by atoms with Crippen molar-refractivity contribution in [3.05, 3.63) is 98.2 Å². The summed E-state index contributed by atoms with van der Waals surface area (Å²) < 4.78 is 11.3. The number of ether oxygens (including phenoxy) is 2. The van der Waals surface area contributed by atoms with Crippen LogP contribution in [0.3, 0.4) is 0 Å². The van der Waals surface area contributed by atoms with E-state index in [0.29, 0.717) is 15.7 Å². The molecule has 1 heterocycles. The molecular formula is C28H30N4O8. The lowest BCUT2D eigenvalue weighted by Gasteiger charge is -2.21. The summed E-state index contributed by atoms with van der Waals surface area (Å²) in [5, 5.41) is 2.59. The van der Waals surface area contributed by atoms with Gasteiger partial charge in [0, 0.05) is 5.56 Å². The number of carbonyl (C=O) groups excluding carboxylic acids is 4. The maximum absolute atomic E-state index is 13.2. The van der Waals surface area contributed by atoms with Gasteiger partial charge in [-0.15, -0.1) is 0 Å². The van der Waals surface area contributed by atoms with Crippen LogP contribution < -0.4 is 22.3 Å². The van der Waals surface area contributed by atoms with Gasteiger partial charge in [0.15, 0.2) is 6.61 Å². The monoisotopic (exact) mass is 550 g/mol. The lowest BCUT2D eigenvalue weighted by molar-refractivity contribution is -0.146. The van der Waals surface area contributed by atoms with E-state index in [-0.39, 0.29) is 6.54 Å². The second kappa shape index (κ2) is 13.2. The second-order valence-corrected chi connectivity index (χ2v) is 9.17. The number of Topliss-reactive ketones (excluding diaryl/α,β-unsaturated/α-hetero) is 1. The molecule has 0 bridgehead atoms. The topological polar surface area (TPSA) is 169 Å². The molecule has 0 aliphatic carbocycles. The van der Waals surface area contributed by atoms with E-state index >= 15 is 0 Å². The first-order valence-corrected chi connectivity index (χ1v) is 12.3. The predicted octanol–water partition coefficient (Wildman–Crippen LogP) is 0.994. The summed E-state index contributed by atoms with van der Waals surface area (Å²) >= 11 is 0. The van der Waals surface area contributed by atoms with Crippen molar-refractivity contribution in [1.29, 1.82) is 0 Å². The third-order valence-corrected chi connectivity index (χ3v) is 6.03. The largest absolute Gasteiger partial charge is 0.468 e. The van der Waals surface area contributed by atoms with Gasteiger partial charge in [0.05, 0.1) is 13.7 Å². The summed E-state index contributed by atoms with van der Waals surface area (Å²) in [5.74, 6) is -4.14. The van der Waals surface area contributed by atoms with Gasteiger partial charge in [-0.05, 0) is 23.6 Å². The highest BCUT2D eigenvalue weighted by Gasteiger charge is 2.29. The number of hydrogen-bond acceptors (Lipinski definition) is 9. The fourth-order valence-electron chi connectivity index (χ4n) is 3.84. The molecule has 3 aromatic rings. The van der Waals surface area contributed by atoms with E-state index in [1.807, 2.05) is 0 Å². The quantitative estimate of drug-likeness (QED) is 0.261. The van der Waals surface area contributed by atoms with Crippen LogP contribution in [0.1, 0.15) is 40.1 Å². The van der Waals surface area contributed by atoms with Crippen molar-refractivity contribution < 1.29 is 28.7 Å². The average molecular weight is 551 g/mol. The van der Waals surface area contributed by atoms with E-state index in [1.54, 1.807) is 74.5 Å². The Balaban J connectivity index is 1.89. The molecule has 2 aromatic carbocycles. The molecule has 3 N–H and O–H groups in total. The van der Waals surface area contributed by atoms with Crippen LogP contribution in [-0.4, -0.2) is 52.5 Å². The summed E-state index contributed by atoms with van der Waals surface area (Å²) in [6.07, 6.45) is 0. The van der Waals surface area contributed by atoms with Gasteiger partial charge in [0.1, 0.15) is 24.0 Å². The number of benzene rings is 2. The molecule has 1 atom stereocenters. The number of methoxy groups -OCH3 is 1. The SMILES string of the molecule is COC(=O)Cn1c(=O)c(C(=O)COC(=O)[C@H](NC(=O)c2ccccc2)C(C)C)c(N)n(Cc2ccccc2)c1=O. The Morgan fingerprint density at radius 2 is 1.52 bits per heavy atom. The van der Waals surface area contributed by atoms with Crippen molar-refractivity contribution in [3.8, 4) is 0 Å². The number of nitrogen functional groups attached to an aromatic ring is 1. The molecule has 40 heavy (non-hydrogen) atoms. The number of rotatable bonds is 11. The number of anilines is 1. The minimum absolute atomic E-state index is 0.103. The molecule has 0 unspecified atom stereocenters. The molecule has 1 amide bonds. The highest BCUT2D eigenvalue weighted by molar-refractivity contribution is 6.02. The van der Waals surface area contributed by atoms with Crippen molar-refractivity contribution >= 4 is 29.4 Å². The number of esters is 2. The first-order valence-electron chi connectivity index (χ1n) is 12.3. The van der Waals surface area contributed by atoms with Gasteiger partial charge in [-0.1, -0.05) is 62.4 Å². The molecule has 3 rings (SSSR count). The number of nitrogens with two attached hydrogens (primary N) is 1. The molecule has 1 aromatic heterocycles. The first kappa shape index (κ1) is 29.6. The van der Waals surface area contributed by atoms with Crippen LogP contribution in [0.25, 0.3) is 0 Å². The first-order chi connectivity index (χ1) is 19.0. The molecule has 12 heteroatoms.